The van der Waals surface area contributed by atoms with Gasteiger partial charge in [0.05, 0.1) is 0 Å². The van der Waals surface area contributed by atoms with Gasteiger partial charge in [0, 0.05) is 39.8 Å². The quantitative estimate of drug-likeness (QED) is 0.754. The van der Waals surface area contributed by atoms with Crippen molar-refractivity contribution in [3.05, 3.63) is 12.2 Å². The smallest absolute Gasteiger partial charge is 0.222 e. The summed E-state index contributed by atoms with van der Waals surface area (Å²) in [4.78, 5) is 20.6. The van der Waals surface area contributed by atoms with Gasteiger partial charge in [-0.05, 0) is 43.8 Å². The van der Waals surface area contributed by atoms with E-state index in [2.05, 4.69) is 24.0 Å². The molecule has 4 nitrogen and oxygen atoms in total. The lowest BCUT2D eigenvalue weighted by atomic mass is 9.89. The fourth-order valence-electron chi connectivity index (χ4n) is 3.43. The molecule has 1 atom stereocenters. The first-order chi connectivity index (χ1) is 10.1. The van der Waals surface area contributed by atoms with E-state index in [-0.39, 0.29) is 11.6 Å². The van der Waals surface area contributed by atoms with Crippen LogP contribution >= 0.6 is 0 Å². The van der Waals surface area contributed by atoms with Crippen molar-refractivity contribution in [3.63, 3.8) is 0 Å². The minimum atomic E-state index is -0.0703. The Bertz CT molecular complexity index is 394. The second-order valence-corrected chi connectivity index (χ2v) is 6.52. The van der Waals surface area contributed by atoms with E-state index in [4.69, 9.17) is 4.99 Å². The molecule has 1 unspecified atom stereocenters. The second kappa shape index (κ2) is 7.21. The van der Waals surface area contributed by atoms with Gasteiger partial charge in [-0.15, -0.1) is 0 Å². The van der Waals surface area contributed by atoms with Crippen LogP contribution in [-0.4, -0.2) is 54.8 Å². The van der Waals surface area contributed by atoms with Crippen molar-refractivity contribution in [1.29, 1.82) is 0 Å². The highest BCUT2D eigenvalue weighted by Crippen LogP contribution is 2.33. The number of nitrogens with zero attached hydrogens (tertiary/aromatic N) is 3. The Morgan fingerprint density at radius 1 is 1.38 bits per heavy atom. The average molecular weight is 291 g/mol. The molecule has 1 amide bonds. The molecule has 0 aliphatic carbocycles. The Morgan fingerprint density at radius 2 is 2.10 bits per heavy atom. The number of allylic oxidation sites excluding steroid dienone is 1. The van der Waals surface area contributed by atoms with Crippen molar-refractivity contribution < 1.29 is 4.79 Å². The van der Waals surface area contributed by atoms with Crippen LogP contribution < -0.4 is 0 Å². The molecule has 0 saturated carbocycles. The molecule has 4 heteroatoms. The molecule has 1 saturated heterocycles. The van der Waals surface area contributed by atoms with E-state index in [0.29, 0.717) is 12.3 Å². The molecule has 1 fully saturated rings. The van der Waals surface area contributed by atoms with Crippen LogP contribution in [-0.2, 0) is 4.79 Å². The molecular weight excluding hydrogens is 262 g/mol. The van der Waals surface area contributed by atoms with Crippen LogP contribution in [0.3, 0.4) is 0 Å². The number of likely N-dealkylation sites (tertiary alicyclic amines) is 1. The largest absolute Gasteiger partial charge is 0.349 e. The summed E-state index contributed by atoms with van der Waals surface area (Å²) < 4.78 is 0. The lowest BCUT2D eigenvalue weighted by molar-refractivity contribution is -0.129. The summed E-state index contributed by atoms with van der Waals surface area (Å²) in [6.45, 7) is 4.42. The molecule has 0 aromatic rings. The number of rotatable bonds is 6. The van der Waals surface area contributed by atoms with Gasteiger partial charge in [-0.1, -0.05) is 13.3 Å². The van der Waals surface area contributed by atoms with Gasteiger partial charge in [0.1, 0.15) is 5.66 Å². The minimum absolute atomic E-state index is 0.0703. The predicted octanol–water partition coefficient (Wildman–Crippen LogP) is 2.70. The zero-order chi connectivity index (χ0) is 15.3. The number of aliphatic imine (C=N–C) groups is 1. The predicted molar refractivity (Wildman–Crippen MR) is 87.5 cm³/mol. The van der Waals surface area contributed by atoms with E-state index >= 15 is 0 Å². The highest BCUT2D eigenvalue weighted by Gasteiger charge is 2.36. The van der Waals surface area contributed by atoms with Crippen LogP contribution in [0.4, 0.5) is 0 Å². The zero-order valence-corrected chi connectivity index (χ0v) is 13.7. The van der Waals surface area contributed by atoms with Crippen molar-refractivity contribution in [2.24, 2.45) is 10.9 Å². The summed E-state index contributed by atoms with van der Waals surface area (Å²) in [5, 5.41) is 0. The number of hydrogen-bond donors (Lipinski definition) is 0. The Hall–Kier alpha value is -1.16. The second-order valence-electron chi connectivity index (χ2n) is 6.52. The van der Waals surface area contributed by atoms with Gasteiger partial charge in [-0.3, -0.25) is 14.7 Å². The van der Waals surface area contributed by atoms with Crippen molar-refractivity contribution in [3.8, 4) is 0 Å². The fraction of sp³-hybridized carbons (Fsp3) is 0.765. The molecule has 118 valence electrons. The highest BCUT2D eigenvalue weighted by molar-refractivity contribution is 5.75. The molecule has 21 heavy (non-hydrogen) atoms. The molecule has 2 heterocycles. The van der Waals surface area contributed by atoms with Gasteiger partial charge < -0.3 is 4.90 Å². The van der Waals surface area contributed by atoms with Crippen LogP contribution in [0, 0.1) is 5.92 Å². The van der Waals surface area contributed by atoms with Crippen molar-refractivity contribution in [1.82, 2.24) is 9.80 Å². The minimum Gasteiger partial charge on any atom is -0.349 e. The average Bonchev–Trinajstić information content (AvgIpc) is 2.95. The van der Waals surface area contributed by atoms with E-state index in [1.807, 2.05) is 20.3 Å². The van der Waals surface area contributed by atoms with E-state index < -0.39 is 0 Å². The molecule has 0 bridgehead atoms. The maximum atomic E-state index is 11.7. The summed E-state index contributed by atoms with van der Waals surface area (Å²) in [6, 6.07) is 0. The van der Waals surface area contributed by atoms with Gasteiger partial charge in [-0.25, -0.2) is 0 Å². The Labute approximate surface area is 128 Å². The Kier molecular flexibility index (Phi) is 5.57. The van der Waals surface area contributed by atoms with E-state index in [1.165, 1.54) is 12.8 Å². The first kappa shape index (κ1) is 16.2. The Balaban J connectivity index is 1.81. The molecule has 0 radical (unpaired) electrons. The van der Waals surface area contributed by atoms with E-state index in [1.54, 1.807) is 4.90 Å². The van der Waals surface area contributed by atoms with Gasteiger partial charge in [-0.2, -0.15) is 0 Å². The van der Waals surface area contributed by atoms with Gasteiger partial charge in [0.25, 0.3) is 0 Å². The molecule has 2 aliphatic rings. The topological polar surface area (TPSA) is 35.9 Å². The maximum Gasteiger partial charge on any atom is 0.222 e. The summed E-state index contributed by atoms with van der Waals surface area (Å²) >= 11 is 0. The van der Waals surface area contributed by atoms with Crippen molar-refractivity contribution in [2.45, 2.75) is 51.1 Å². The number of hydrogen-bond acceptors (Lipinski definition) is 3. The molecule has 2 aliphatic heterocycles. The first-order valence-corrected chi connectivity index (χ1v) is 8.25. The van der Waals surface area contributed by atoms with Crippen LogP contribution in [0.2, 0.25) is 0 Å². The van der Waals surface area contributed by atoms with Gasteiger partial charge in [0.15, 0.2) is 0 Å². The highest BCUT2D eigenvalue weighted by atomic mass is 16.2. The molecular formula is C17H29N3O. The van der Waals surface area contributed by atoms with Crippen LogP contribution in [0.15, 0.2) is 17.1 Å². The fourth-order valence-corrected chi connectivity index (χ4v) is 3.43. The lowest BCUT2D eigenvalue weighted by Gasteiger charge is -2.42. The molecule has 0 aromatic heterocycles. The third kappa shape index (κ3) is 3.94. The number of carbonyl (C=O) groups is 1. The van der Waals surface area contributed by atoms with Crippen molar-refractivity contribution in [2.75, 3.05) is 27.2 Å². The zero-order valence-electron chi connectivity index (χ0n) is 13.7. The summed E-state index contributed by atoms with van der Waals surface area (Å²) in [7, 11) is 3.67. The van der Waals surface area contributed by atoms with E-state index in [9.17, 15) is 4.79 Å². The normalized spacial score (nSPS) is 26.4. The monoisotopic (exact) mass is 291 g/mol. The number of amides is 1. The molecule has 2 rings (SSSR count). The number of carbonyl (C=O) groups excluding carboxylic acids is 1. The molecule has 0 spiro atoms. The SMILES string of the molecule is CCCC1(N2CCC(CCC(=O)N(C)C)CC2)C=CC=N1. The summed E-state index contributed by atoms with van der Waals surface area (Å²) in [5.41, 5.74) is -0.0703. The molecule has 0 aromatic carbocycles. The Morgan fingerprint density at radius 3 is 2.62 bits per heavy atom. The van der Waals surface area contributed by atoms with Crippen LogP contribution in [0.1, 0.15) is 45.4 Å². The van der Waals surface area contributed by atoms with Crippen LogP contribution in [0.5, 0.6) is 0 Å². The standard InChI is InChI=1S/C17H29N3O/c1-4-10-17(11-5-12-18-17)20-13-8-15(9-14-20)6-7-16(21)19(2)3/h5,11-12,15H,4,6-10,13-14H2,1-3H3. The van der Waals surface area contributed by atoms with Gasteiger partial charge >= 0.3 is 0 Å². The summed E-state index contributed by atoms with van der Waals surface area (Å²) in [5.74, 6) is 0.946. The third-order valence-corrected chi connectivity index (χ3v) is 4.79. The molecule has 0 N–H and O–H groups in total. The lowest BCUT2D eigenvalue weighted by Crippen LogP contribution is -2.49. The van der Waals surface area contributed by atoms with Crippen molar-refractivity contribution >= 4 is 12.1 Å². The summed E-state index contributed by atoms with van der Waals surface area (Å²) in [6.07, 6.45) is 12.6. The first-order valence-electron chi connectivity index (χ1n) is 8.25. The number of piperidine rings is 1. The van der Waals surface area contributed by atoms with Gasteiger partial charge in [0.2, 0.25) is 5.91 Å². The third-order valence-electron chi connectivity index (χ3n) is 4.79. The maximum absolute atomic E-state index is 11.7. The van der Waals surface area contributed by atoms with E-state index in [0.717, 1.165) is 32.4 Å². The van der Waals surface area contributed by atoms with Crippen LogP contribution in [0.25, 0.3) is 0 Å².